The third-order valence-electron chi connectivity index (χ3n) is 4.18. The van der Waals surface area contributed by atoms with Crippen LogP contribution in [0.2, 0.25) is 0 Å². The molecule has 0 unspecified atom stereocenters. The Labute approximate surface area is 138 Å². The minimum absolute atomic E-state index is 0.0249. The largest absolute Gasteiger partial charge is 0.352 e. The Hall–Kier alpha value is -2.04. The summed E-state index contributed by atoms with van der Waals surface area (Å²) < 4.78 is 0. The average Bonchev–Trinajstić information content (AvgIpc) is 2.54. The van der Waals surface area contributed by atoms with Crippen molar-refractivity contribution in [2.75, 3.05) is 6.54 Å². The van der Waals surface area contributed by atoms with Gasteiger partial charge in [-0.15, -0.1) is 0 Å². The predicted molar refractivity (Wildman–Crippen MR) is 90.9 cm³/mol. The first-order valence-corrected chi connectivity index (χ1v) is 8.59. The number of benzene rings is 1. The molecule has 3 amide bonds. The van der Waals surface area contributed by atoms with Gasteiger partial charge in [-0.05, 0) is 18.4 Å². The Morgan fingerprint density at radius 2 is 1.57 bits per heavy atom. The number of carbonyl (C=O) groups is 2. The van der Waals surface area contributed by atoms with Gasteiger partial charge in [0.15, 0.2) is 0 Å². The standard InChI is InChI=1S/C18H27N3O2/c22-17(21-16-11-7-2-1-3-8-12-16)14-20-18(23)19-13-15-9-5-4-6-10-15/h4-6,9-10,16H,1-3,7-8,11-14H2,(H,21,22)(H2,19,20,23). The van der Waals surface area contributed by atoms with Crippen LogP contribution < -0.4 is 16.0 Å². The molecule has 0 heterocycles. The molecule has 126 valence electrons. The van der Waals surface area contributed by atoms with E-state index in [1.807, 2.05) is 30.3 Å². The molecule has 0 spiro atoms. The van der Waals surface area contributed by atoms with E-state index in [-0.39, 0.29) is 24.5 Å². The number of nitrogens with one attached hydrogen (secondary N) is 3. The quantitative estimate of drug-likeness (QED) is 0.781. The topological polar surface area (TPSA) is 70.2 Å². The molecule has 0 bridgehead atoms. The Kier molecular flexibility index (Phi) is 7.43. The normalized spacial score (nSPS) is 16.0. The molecule has 1 fully saturated rings. The Morgan fingerprint density at radius 1 is 0.913 bits per heavy atom. The second-order valence-corrected chi connectivity index (χ2v) is 6.13. The van der Waals surface area contributed by atoms with Crippen molar-refractivity contribution >= 4 is 11.9 Å². The predicted octanol–water partition coefficient (Wildman–Crippen LogP) is 2.71. The van der Waals surface area contributed by atoms with Crippen LogP contribution in [0, 0.1) is 0 Å². The van der Waals surface area contributed by atoms with E-state index in [1.54, 1.807) is 0 Å². The number of hydrogen-bond donors (Lipinski definition) is 3. The SMILES string of the molecule is O=C(CNC(=O)NCc1ccccc1)NC1CCCCCCC1. The van der Waals surface area contributed by atoms with Crippen LogP contribution in [0.25, 0.3) is 0 Å². The van der Waals surface area contributed by atoms with Gasteiger partial charge < -0.3 is 16.0 Å². The van der Waals surface area contributed by atoms with Crippen molar-refractivity contribution in [1.29, 1.82) is 0 Å². The highest BCUT2D eigenvalue weighted by Crippen LogP contribution is 2.16. The number of carbonyl (C=O) groups excluding carboxylic acids is 2. The first-order chi connectivity index (χ1) is 11.2. The van der Waals surface area contributed by atoms with Gasteiger partial charge >= 0.3 is 6.03 Å². The van der Waals surface area contributed by atoms with Gasteiger partial charge in [0, 0.05) is 12.6 Å². The lowest BCUT2D eigenvalue weighted by molar-refractivity contribution is -0.120. The highest BCUT2D eigenvalue weighted by molar-refractivity contribution is 5.84. The van der Waals surface area contributed by atoms with Gasteiger partial charge in [-0.25, -0.2) is 4.79 Å². The van der Waals surface area contributed by atoms with Gasteiger partial charge in [0.2, 0.25) is 5.91 Å². The molecule has 0 aromatic heterocycles. The van der Waals surface area contributed by atoms with Gasteiger partial charge in [0.1, 0.15) is 0 Å². The number of rotatable bonds is 5. The highest BCUT2D eigenvalue weighted by atomic mass is 16.2. The number of amides is 3. The molecule has 1 aromatic carbocycles. The molecular formula is C18H27N3O2. The monoisotopic (exact) mass is 317 g/mol. The summed E-state index contributed by atoms with van der Waals surface area (Å²) in [6.07, 6.45) is 8.27. The molecule has 0 saturated heterocycles. The first kappa shape index (κ1) is 17.3. The van der Waals surface area contributed by atoms with E-state index in [0.29, 0.717) is 6.54 Å². The Bertz CT molecular complexity index is 482. The molecule has 1 saturated carbocycles. The zero-order valence-electron chi connectivity index (χ0n) is 13.6. The van der Waals surface area contributed by atoms with Crippen LogP contribution in [0.15, 0.2) is 30.3 Å². The van der Waals surface area contributed by atoms with Crippen molar-refractivity contribution in [2.45, 2.75) is 57.5 Å². The fraction of sp³-hybridized carbons (Fsp3) is 0.556. The first-order valence-electron chi connectivity index (χ1n) is 8.59. The van der Waals surface area contributed by atoms with E-state index < -0.39 is 0 Å². The lowest BCUT2D eigenvalue weighted by Crippen LogP contribution is -2.44. The zero-order valence-corrected chi connectivity index (χ0v) is 13.6. The van der Waals surface area contributed by atoms with Crippen LogP contribution in [-0.4, -0.2) is 24.5 Å². The maximum atomic E-state index is 11.9. The van der Waals surface area contributed by atoms with Crippen molar-refractivity contribution in [3.8, 4) is 0 Å². The molecular weight excluding hydrogens is 290 g/mol. The molecule has 1 aliphatic carbocycles. The van der Waals surface area contributed by atoms with Crippen LogP contribution in [0.1, 0.15) is 50.5 Å². The van der Waals surface area contributed by atoms with Crippen LogP contribution >= 0.6 is 0 Å². The summed E-state index contributed by atoms with van der Waals surface area (Å²) in [5.74, 6) is -0.106. The van der Waals surface area contributed by atoms with E-state index in [9.17, 15) is 9.59 Å². The molecule has 1 aliphatic rings. The highest BCUT2D eigenvalue weighted by Gasteiger charge is 2.14. The van der Waals surface area contributed by atoms with Crippen LogP contribution in [0.3, 0.4) is 0 Å². The van der Waals surface area contributed by atoms with E-state index in [4.69, 9.17) is 0 Å². The van der Waals surface area contributed by atoms with Crippen molar-refractivity contribution < 1.29 is 9.59 Å². The lowest BCUT2D eigenvalue weighted by Gasteiger charge is -2.21. The van der Waals surface area contributed by atoms with E-state index in [0.717, 1.165) is 18.4 Å². The third kappa shape index (κ3) is 7.17. The second-order valence-electron chi connectivity index (χ2n) is 6.13. The molecule has 5 heteroatoms. The van der Waals surface area contributed by atoms with Crippen molar-refractivity contribution in [1.82, 2.24) is 16.0 Å². The smallest absolute Gasteiger partial charge is 0.315 e. The maximum absolute atomic E-state index is 11.9. The van der Waals surface area contributed by atoms with E-state index in [1.165, 1.54) is 32.1 Å². The Balaban J connectivity index is 1.62. The lowest BCUT2D eigenvalue weighted by atomic mass is 9.97. The fourth-order valence-corrected chi connectivity index (χ4v) is 2.88. The minimum atomic E-state index is -0.318. The minimum Gasteiger partial charge on any atom is -0.352 e. The maximum Gasteiger partial charge on any atom is 0.315 e. The van der Waals surface area contributed by atoms with Gasteiger partial charge in [-0.2, -0.15) is 0 Å². The second kappa shape index (κ2) is 9.87. The molecule has 0 aliphatic heterocycles. The van der Waals surface area contributed by atoms with Crippen LogP contribution in [0.5, 0.6) is 0 Å². The number of hydrogen-bond acceptors (Lipinski definition) is 2. The summed E-state index contributed by atoms with van der Waals surface area (Å²) in [4.78, 5) is 23.6. The summed E-state index contributed by atoms with van der Waals surface area (Å²) in [6.45, 7) is 0.480. The molecule has 2 rings (SSSR count). The molecule has 23 heavy (non-hydrogen) atoms. The third-order valence-corrected chi connectivity index (χ3v) is 4.18. The summed E-state index contributed by atoms with van der Waals surface area (Å²) in [5.41, 5.74) is 1.03. The zero-order chi connectivity index (χ0) is 16.3. The van der Waals surface area contributed by atoms with Crippen LogP contribution in [0.4, 0.5) is 4.79 Å². The van der Waals surface area contributed by atoms with Crippen molar-refractivity contribution in [3.63, 3.8) is 0 Å². The Morgan fingerprint density at radius 3 is 2.26 bits per heavy atom. The molecule has 0 radical (unpaired) electrons. The summed E-state index contributed by atoms with van der Waals surface area (Å²) >= 11 is 0. The van der Waals surface area contributed by atoms with Crippen molar-refractivity contribution in [3.05, 3.63) is 35.9 Å². The van der Waals surface area contributed by atoms with Crippen molar-refractivity contribution in [2.24, 2.45) is 0 Å². The number of urea groups is 1. The summed E-state index contributed by atoms with van der Waals surface area (Å²) in [5, 5.41) is 8.39. The van der Waals surface area contributed by atoms with E-state index >= 15 is 0 Å². The molecule has 0 atom stereocenters. The fourth-order valence-electron chi connectivity index (χ4n) is 2.88. The molecule has 1 aromatic rings. The average molecular weight is 317 g/mol. The van der Waals surface area contributed by atoms with Gasteiger partial charge in [0.25, 0.3) is 0 Å². The molecule has 5 nitrogen and oxygen atoms in total. The van der Waals surface area contributed by atoms with Gasteiger partial charge in [-0.3, -0.25) is 4.79 Å². The van der Waals surface area contributed by atoms with Crippen LogP contribution in [-0.2, 0) is 11.3 Å². The molecule has 3 N–H and O–H groups in total. The van der Waals surface area contributed by atoms with Gasteiger partial charge in [0.05, 0.1) is 6.54 Å². The van der Waals surface area contributed by atoms with Gasteiger partial charge in [-0.1, -0.05) is 62.4 Å². The summed E-state index contributed by atoms with van der Waals surface area (Å²) in [7, 11) is 0. The van der Waals surface area contributed by atoms with E-state index in [2.05, 4.69) is 16.0 Å². The summed E-state index contributed by atoms with van der Waals surface area (Å²) in [6, 6.07) is 9.63.